The van der Waals surface area contributed by atoms with Gasteiger partial charge in [0.1, 0.15) is 5.75 Å². The normalized spacial score (nSPS) is 16.7. The third-order valence-electron chi connectivity index (χ3n) is 4.30. The largest absolute Gasteiger partial charge is 0.435 e. The van der Waals surface area contributed by atoms with Gasteiger partial charge in [-0.2, -0.15) is 17.8 Å². The summed E-state index contributed by atoms with van der Waals surface area (Å²) in [6.45, 7) is 1.21. The van der Waals surface area contributed by atoms with E-state index in [1.807, 2.05) is 0 Å². The maximum atomic E-state index is 12.2. The zero-order chi connectivity index (χ0) is 19.4. The van der Waals surface area contributed by atoms with E-state index in [0.717, 1.165) is 0 Å². The number of benzene rings is 1. The fraction of sp³-hybridized carbons (Fsp3) is 0.533. The summed E-state index contributed by atoms with van der Waals surface area (Å²) >= 11 is 0. The van der Waals surface area contributed by atoms with Crippen molar-refractivity contribution in [2.24, 2.45) is 0 Å². The number of rotatable bonds is 7. The highest BCUT2D eigenvalue weighted by Gasteiger charge is 2.26. The molecule has 1 fully saturated rings. The highest BCUT2D eigenvalue weighted by Crippen LogP contribution is 2.18. The average Bonchev–Trinajstić information content (AvgIpc) is 3.10. The molecule has 0 radical (unpaired) electrons. The van der Waals surface area contributed by atoms with Gasteiger partial charge >= 0.3 is 6.61 Å². The van der Waals surface area contributed by atoms with Gasteiger partial charge in [0, 0.05) is 26.2 Å². The number of ether oxygens (including phenoxy) is 1. The van der Waals surface area contributed by atoms with Crippen LogP contribution in [-0.4, -0.2) is 76.4 Å². The molecule has 9 nitrogen and oxygen atoms in total. The number of sulfonamides is 1. The van der Waals surface area contributed by atoms with Crippen LogP contribution in [0.2, 0.25) is 0 Å². The van der Waals surface area contributed by atoms with Gasteiger partial charge in [0.05, 0.1) is 18.0 Å². The molecule has 27 heavy (non-hydrogen) atoms. The van der Waals surface area contributed by atoms with Crippen LogP contribution in [0.4, 0.5) is 8.78 Å². The number of aromatic nitrogens is 4. The summed E-state index contributed by atoms with van der Waals surface area (Å²) in [5.41, 5.74) is 0.615. The lowest BCUT2D eigenvalue weighted by atomic mass is 10.3. The summed E-state index contributed by atoms with van der Waals surface area (Å²) in [4.78, 5) is 2.07. The Morgan fingerprint density at radius 2 is 1.81 bits per heavy atom. The van der Waals surface area contributed by atoms with Crippen molar-refractivity contribution in [1.29, 1.82) is 0 Å². The summed E-state index contributed by atoms with van der Waals surface area (Å²) in [5.74, 6) is 0.720. The quantitative estimate of drug-likeness (QED) is 0.674. The molecule has 12 heteroatoms. The predicted molar refractivity (Wildman–Crippen MR) is 92.1 cm³/mol. The molecule has 0 spiro atoms. The number of hydrogen-bond donors (Lipinski definition) is 0. The van der Waals surface area contributed by atoms with E-state index < -0.39 is 16.6 Å². The Balaban J connectivity index is 1.64. The second-order valence-corrected chi connectivity index (χ2v) is 8.21. The number of nitrogens with zero attached hydrogens (tertiary/aromatic N) is 6. The number of tetrazole rings is 1. The Labute approximate surface area is 155 Å². The van der Waals surface area contributed by atoms with Crippen LogP contribution in [0.15, 0.2) is 24.3 Å². The molecule has 1 aliphatic rings. The van der Waals surface area contributed by atoms with Crippen molar-refractivity contribution >= 4 is 10.0 Å². The van der Waals surface area contributed by atoms with Crippen LogP contribution in [0.25, 0.3) is 5.69 Å². The first kappa shape index (κ1) is 19.6. The van der Waals surface area contributed by atoms with Gasteiger partial charge in [-0.3, -0.25) is 4.90 Å². The van der Waals surface area contributed by atoms with E-state index in [1.165, 1.54) is 21.1 Å². The molecule has 2 heterocycles. The van der Waals surface area contributed by atoms with E-state index in [1.54, 1.807) is 19.1 Å². The summed E-state index contributed by atoms with van der Waals surface area (Å²) in [6, 6.07) is 6.01. The molecule has 0 unspecified atom stereocenters. The molecule has 1 aromatic heterocycles. The molecule has 1 aromatic carbocycles. The van der Waals surface area contributed by atoms with Gasteiger partial charge in [-0.25, -0.2) is 8.42 Å². The number of piperazine rings is 1. The molecule has 0 aliphatic carbocycles. The average molecular weight is 402 g/mol. The molecular weight excluding hydrogens is 382 g/mol. The SMILES string of the molecule is CCS(=O)(=O)N1CCN(Cc2nnnn2-c2ccc(OC(F)F)cc2)CC1. The van der Waals surface area contributed by atoms with E-state index in [4.69, 9.17) is 0 Å². The Hall–Kier alpha value is -2.18. The molecule has 1 saturated heterocycles. The summed E-state index contributed by atoms with van der Waals surface area (Å²) in [6.07, 6.45) is 0. The summed E-state index contributed by atoms with van der Waals surface area (Å²) in [7, 11) is -3.17. The van der Waals surface area contributed by atoms with Gasteiger partial charge in [-0.15, -0.1) is 5.10 Å². The molecule has 0 N–H and O–H groups in total. The van der Waals surface area contributed by atoms with Gasteiger partial charge in [-0.05, 0) is 41.6 Å². The van der Waals surface area contributed by atoms with Crippen molar-refractivity contribution in [3.05, 3.63) is 30.1 Å². The van der Waals surface area contributed by atoms with Gasteiger partial charge in [-0.1, -0.05) is 0 Å². The van der Waals surface area contributed by atoms with Crippen molar-refractivity contribution in [3.8, 4) is 11.4 Å². The summed E-state index contributed by atoms with van der Waals surface area (Å²) < 4.78 is 55.7. The molecule has 2 aromatic rings. The third-order valence-corrected chi connectivity index (χ3v) is 6.18. The monoisotopic (exact) mass is 402 g/mol. The van der Waals surface area contributed by atoms with Crippen LogP contribution in [0.5, 0.6) is 5.75 Å². The van der Waals surface area contributed by atoms with E-state index in [2.05, 4.69) is 25.2 Å². The van der Waals surface area contributed by atoms with Gasteiger partial charge in [0.25, 0.3) is 0 Å². The zero-order valence-electron chi connectivity index (χ0n) is 14.7. The molecule has 3 rings (SSSR count). The van der Waals surface area contributed by atoms with Crippen molar-refractivity contribution in [2.75, 3.05) is 31.9 Å². The minimum atomic E-state index is -3.17. The Morgan fingerprint density at radius 3 is 2.41 bits per heavy atom. The van der Waals surface area contributed by atoms with E-state index in [9.17, 15) is 17.2 Å². The van der Waals surface area contributed by atoms with E-state index in [0.29, 0.717) is 44.2 Å². The highest BCUT2D eigenvalue weighted by molar-refractivity contribution is 7.89. The van der Waals surface area contributed by atoms with Crippen molar-refractivity contribution < 1.29 is 21.9 Å². The van der Waals surface area contributed by atoms with Gasteiger partial charge < -0.3 is 4.74 Å². The fourth-order valence-electron chi connectivity index (χ4n) is 2.82. The predicted octanol–water partition coefficient (Wildman–Crippen LogP) is 0.731. The molecular formula is C15H20F2N6O3S. The Kier molecular flexibility index (Phi) is 5.97. The lowest BCUT2D eigenvalue weighted by Crippen LogP contribution is -2.48. The van der Waals surface area contributed by atoms with Crippen molar-refractivity contribution in [1.82, 2.24) is 29.4 Å². The molecule has 0 amide bonds. The minimum Gasteiger partial charge on any atom is -0.435 e. The van der Waals surface area contributed by atoms with Crippen molar-refractivity contribution in [3.63, 3.8) is 0 Å². The first-order chi connectivity index (χ1) is 12.9. The maximum Gasteiger partial charge on any atom is 0.387 e. The van der Waals surface area contributed by atoms with E-state index >= 15 is 0 Å². The molecule has 0 atom stereocenters. The molecule has 0 bridgehead atoms. The van der Waals surface area contributed by atoms with Gasteiger partial charge in [0.15, 0.2) is 5.82 Å². The highest BCUT2D eigenvalue weighted by atomic mass is 32.2. The fourth-order valence-corrected chi connectivity index (χ4v) is 3.91. The number of hydrogen-bond acceptors (Lipinski definition) is 7. The van der Waals surface area contributed by atoms with Gasteiger partial charge in [0.2, 0.25) is 10.0 Å². The molecule has 0 saturated carbocycles. The lowest BCUT2D eigenvalue weighted by Gasteiger charge is -2.33. The smallest absolute Gasteiger partial charge is 0.387 e. The first-order valence-corrected chi connectivity index (χ1v) is 10.0. The van der Waals surface area contributed by atoms with Crippen LogP contribution < -0.4 is 4.74 Å². The topological polar surface area (TPSA) is 93.5 Å². The van der Waals surface area contributed by atoms with Crippen LogP contribution in [0, 0.1) is 0 Å². The van der Waals surface area contributed by atoms with Crippen LogP contribution in [-0.2, 0) is 16.6 Å². The van der Waals surface area contributed by atoms with Crippen LogP contribution in [0.1, 0.15) is 12.7 Å². The summed E-state index contributed by atoms with van der Waals surface area (Å²) in [5, 5.41) is 11.6. The first-order valence-electron chi connectivity index (χ1n) is 8.41. The number of alkyl halides is 2. The van der Waals surface area contributed by atoms with E-state index in [-0.39, 0.29) is 11.5 Å². The van der Waals surface area contributed by atoms with Crippen molar-refractivity contribution in [2.45, 2.75) is 20.1 Å². The standard InChI is InChI=1S/C15H20F2N6O3S/c1-2-27(24,25)22-9-7-21(8-10-22)11-14-18-19-20-23(14)12-3-5-13(6-4-12)26-15(16)17/h3-6,15H,2,7-11H2,1H3. The maximum absolute atomic E-state index is 12.2. The second-order valence-electron chi connectivity index (χ2n) is 5.96. The van der Waals surface area contributed by atoms with Crippen LogP contribution in [0.3, 0.4) is 0 Å². The Bertz CT molecular complexity index is 851. The lowest BCUT2D eigenvalue weighted by molar-refractivity contribution is -0.0498. The second kappa shape index (κ2) is 8.23. The Morgan fingerprint density at radius 1 is 1.15 bits per heavy atom. The van der Waals surface area contributed by atoms with Crippen LogP contribution >= 0.6 is 0 Å². The molecule has 1 aliphatic heterocycles. The molecule has 148 valence electrons. The third kappa shape index (κ3) is 4.76. The zero-order valence-corrected chi connectivity index (χ0v) is 15.5. The minimum absolute atomic E-state index is 0.0524. The number of halogens is 2.